The molecule has 1 aromatic carbocycles. The first-order chi connectivity index (χ1) is 9.20. The number of rotatable bonds is 2. The maximum atomic E-state index is 6.63. The van der Waals surface area contributed by atoms with Crippen molar-refractivity contribution in [2.24, 2.45) is 0 Å². The van der Waals surface area contributed by atoms with Crippen LogP contribution in [0.4, 0.5) is 0 Å². The van der Waals surface area contributed by atoms with Crippen LogP contribution in [0.2, 0.25) is 0 Å². The quantitative estimate of drug-likeness (QED) is 0.805. The van der Waals surface area contributed by atoms with Crippen LogP contribution in [0.25, 0.3) is 0 Å². The highest BCUT2D eigenvalue weighted by Crippen LogP contribution is 2.47. The van der Waals surface area contributed by atoms with Gasteiger partial charge in [0, 0.05) is 12.5 Å². The molecule has 19 heavy (non-hydrogen) atoms. The molecule has 2 heterocycles. The van der Waals surface area contributed by atoms with E-state index in [9.17, 15) is 0 Å². The van der Waals surface area contributed by atoms with Crippen LogP contribution < -0.4 is 0 Å². The van der Waals surface area contributed by atoms with Crippen molar-refractivity contribution in [3.8, 4) is 0 Å². The highest BCUT2D eigenvalue weighted by atomic mass is 16.5. The van der Waals surface area contributed by atoms with E-state index in [0.29, 0.717) is 12.0 Å². The maximum Gasteiger partial charge on any atom is 0.0933 e. The second kappa shape index (κ2) is 4.92. The van der Waals surface area contributed by atoms with E-state index in [1.165, 1.54) is 18.5 Å². The van der Waals surface area contributed by atoms with Gasteiger partial charge in [0.25, 0.3) is 0 Å². The third-order valence-corrected chi connectivity index (χ3v) is 5.13. The fourth-order valence-corrected chi connectivity index (χ4v) is 3.93. The van der Waals surface area contributed by atoms with Crippen molar-refractivity contribution in [3.63, 3.8) is 0 Å². The molecule has 0 bridgehead atoms. The smallest absolute Gasteiger partial charge is 0.0933 e. The SMILES string of the molecule is CCC1(CC)O[C@H]2CN(C)CC[C@H]2c2ccccc21. The van der Waals surface area contributed by atoms with Crippen molar-refractivity contribution in [2.75, 3.05) is 20.1 Å². The molecule has 2 atom stereocenters. The van der Waals surface area contributed by atoms with Crippen molar-refractivity contribution >= 4 is 0 Å². The van der Waals surface area contributed by atoms with Gasteiger partial charge in [0.05, 0.1) is 11.7 Å². The monoisotopic (exact) mass is 259 g/mol. The van der Waals surface area contributed by atoms with E-state index in [2.05, 4.69) is 50.1 Å². The summed E-state index contributed by atoms with van der Waals surface area (Å²) >= 11 is 0. The Balaban J connectivity index is 2.07. The molecule has 2 heteroatoms. The molecule has 104 valence electrons. The van der Waals surface area contributed by atoms with E-state index in [0.717, 1.165) is 19.4 Å². The Hall–Kier alpha value is -0.860. The van der Waals surface area contributed by atoms with Gasteiger partial charge in [-0.1, -0.05) is 38.1 Å². The molecular weight excluding hydrogens is 234 g/mol. The minimum Gasteiger partial charge on any atom is -0.365 e. The Morgan fingerprint density at radius 1 is 1.26 bits per heavy atom. The van der Waals surface area contributed by atoms with Crippen LogP contribution in [0.1, 0.15) is 50.2 Å². The first-order valence-corrected chi connectivity index (χ1v) is 7.66. The lowest BCUT2D eigenvalue weighted by atomic mass is 9.74. The lowest BCUT2D eigenvalue weighted by Crippen LogP contribution is -2.50. The molecule has 0 amide bonds. The number of fused-ring (bicyclic) bond motifs is 3. The summed E-state index contributed by atoms with van der Waals surface area (Å²) in [4.78, 5) is 2.41. The zero-order chi connectivity index (χ0) is 13.5. The van der Waals surface area contributed by atoms with Crippen LogP contribution >= 0.6 is 0 Å². The van der Waals surface area contributed by atoms with E-state index in [-0.39, 0.29) is 5.60 Å². The molecule has 2 nitrogen and oxygen atoms in total. The standard InChI is InChI=1S/C17H25NO/c1-4-17(5-2)15-9-7-6-8-13(15)14-10-11-18(3)12-16(14)19-17/h6-9,14,16H,4-5,10-12H2,1-3H3/t14-,16-/m0/s1. The van der Waals surface area contributed by atoms with Crippen LogP contribution in [-0.2, 0) is 10.3 Å². The van der Waals surface area contributed by atoms with Crippen LogP contribution in [-0.4, -0.2) is 31.1 Å². The van der Waals surface area contributed by atoms with Gasteiger partial charge in [-0.3, -0.25) is 0 Å². The number of likely N-dealkylation sites (N-methyl/N-ethyl adjacent to an activating group) is 1. The molecule has 0 unspecified atom stereocenters. The van der Waals surface area contributed by atoms with Gasteiger partial charge >= 0.3 is 0 Å². The lowest BCUT2D eigenvalue weighted by Gasteiger charge is -2.49. The van der Waals surface area contributed by atoms with Crippen LogP contribution in [0.3, 0.4) is 0 Å². The minimum absolute atomic E-state index is 0.0596. The topological polar surface area (TPSA) is 12.5 Å². The zero-order valence-corrected chi connectivity index (χ0v) is 12.4. The number of nitrogens with zero attached hydrogens (tertiary/aromatic N) is 1. The van der Waals surface area contributed by atoms with Crippen molar-refractivity contribution in [3.05, 3.63) is 35.4 Å². The summed E-state index contributed by atoms with van der Waals surface area (Å²) in [5.41, 5.74) is 2.94. The Morgan fingerprint density at radius 2 is 2.00 bits per heavy atom. The van der Waals surface area contributed by atoms with E-state index >= 15 is 0 Å². The number of benzene rings is 1. The molecule has 2 aliphatic heterocycles. The Bertz CT molecular complexity index is 452. The average molecular weight is 259 g/mol. The molecular formula is C17H25NO. The molecule has 0 saturated carbocycles. The molecule has 0 radical (unpaired) electrons. The summed E-state index contributed by atoms with van der Waals surface area (Å²) in [6.45, 7) is 6.77. The predicted molar refractivity (Wildman–Crippen MR) is 78.4 cm³/mol. The largest absolute Gasteiger partial charge is 0.365 e. The van der Waals surface area contributed by atoms with Gasteiger partial charge in [0.2, 0.25) is 0 Å². The van der Waals surface area contributed by atoms with Gasteiger partial charge in [-0.25, -0.2) is 0 Å². The molecule has 1 fully saturated rings. The maximum absolute atomic E-state index is 6.63. The lowest BCUT2D eigenvalue weighted by molar-refractivity contribution is -0.143. The molecule has 0 spiro atoms. The molecule has 3 rings (SSSR count). The number of likely N-dealkylation sites (tertiary alicyclic amines) is 1. The van der Waals surface area contributed by atoms with Crippen LogP contribution in [0, 0.1) is 0 Å². The van der Waals surface area contributed by atoms with E-state index in [4.69, 9.17) is 4.74 Å². The summed E-state index contributed by atoms with van der Waals surface area (Å²) in [5.74, 6) is 0.596. The molecule has 1 aromatic rings. The van der Waals surface area contributed by atoms with Crippen molar-refractivity contribution in [1.29, 1.82) is 0 Å². The van der Waals surface area contributed by atoms with Gasteiger partial charge in [0.15, 0.2) is 0 Å². The van der Waals surface area contributed by atoms with E-state index in [1.54, 1.807) is 5.56 Å². The highest BCUT2D eigenvalue weighted by Gasteiger charge is 2.44. The molecule has 1 saturated heterocycles. The molecule has 0 N–H and O–H groups in total. The summed E-state index contributed by atoms with van der Waals surface area (Å²) in [5, 5.41) is 0. The van der Waals surface area contributed by atoms with Gasteiger partial charge in [-0.2, -0.15) is 0 Å². The van der Waals surface area contributed by atoms with Crippen molar-refractivity contribution in [1.82, 2.24) is 4.90 Å². The first kappa shape index (κ1) is 13.1. The van der Waals surface area contributed by atoms with Crippen LogP contribution in [0.5, 0.6) is 0 Å². The minimum atomic E-state index is -0.0596. The zero-order valence-electron chi connectivity index (χ0n) is 12.4. The van der Waals surface area contributed by atoms with Gasteiger partial charge in [-0.05, 0) is 44.0 Å². The van der Waals surface area contributed by atoms with E-state index in [1.807, 2.05) is 0 Å². The molecule has 2 aliphatic rings. The third-order valence-electron chi connectivity index (χ3n) is 5.13. The Morgan fingerprint density at radius 3 is 2.74 bits per heavy atom. The highest BCUT2D eigenvalue weighted by molar-refractivity contribution is 5.38. The Labute approximate surface area is 116 Å². The van der Waals surface area contributed by atoms with Crippen molar-refractivity contribution < 1.29 is 4.74 Å². The number of ether oxygens (including phenoxy) is 1. The van der Waals surface area contributed by atoms with E-state index < -0.39 is 0 Å². The number of hydrogen-bond acceptors (Lipinski definition) is 2. The second-order valence-corrected chi connectivity index (χ2v) is 6.10. The summed E-state index contributed by atoms with van der Waals surface area (Å²) < 4.78 is 6.63. The van der Waals surface area contributed by atoms with Gasteiger partial charge in [-0.15, -0.1) is 0 Å². The average Bonchev–Trinajstić information content (AvgIpc) is 2.46. The first-order valence-electron chi connectivity index (χ1n) is 7.66. The third kappa shape index (κ3) is 2.02. The molecule has 0 aromatic heterocycles. The number of hydrogen-bond donors (Lipinski definition) is 0. The normalized spacial score (nSPS) is 29.6. The fraction of sp³-hybridized carbons (Fsp3) is 0.647. The second-order valence-electron chi connectivity index (χ2n) is 6.10. The fourth-order valence-electron chi connectivity index (χ4n) is 3.93. The predicted octanol–water partition coefficient (Wildman–Crippen LogP) is 3.52. The summed E-state index contributed by atoms with van der Waals surface area (Å²) in [7, 11) is 2.21. The Kier molecular flexibility index (Phi) is 3.40. The summed E-state index contributed by atoms with van der Waals surface area (Å²) in [6, 6.07) is 8.98. The summed E-state index contributed by atoms with van der Waals surface area (Å²) in [6.07, 6.45) is 3.72. The molecule has 0 aliphatic carbocycles. The van der Waals surface area contributed by atoms with Crippen molar-refractivity contribution in [2.45, 2.75) is 50.7 Å². The van der Waals surface area contributed by atoms with Gasteiger partial charge in [0.1, 0.15) is 0 Å². The van der Waals surface area contributed by atoms with Gasteiger partial charge < -0.3 is 9.64 Å². The number of piperidine rings is 1. The van der Waals surface area contributed by atoms with Crippen LogP contribution in [0.15, 0.2) is 24.3 Å².